The number of carbonyl (C=O) groups is 1. The quantitative estimate of drug-likeness (QED) is 0.714. The maximum Gasteiger partial charge on any atom is 0.311 e. The van der Waals surface area contributed by atoms with E-state index in [9.17, 15) is 4.79 Å². The van der Waals surface area contributed by atoms with Crippen LogP contribution in [-0.2, 0) is 9.53 Å². The fraction of sp³-hybridized carbons (Fsp3) is 0.357. The summed E-state index contributed by atoms with van der Waals surface area (Å²) in [5.74, 6) is -1.61. The van der Waals surface area contributed by atoms with Gasteiger partial charge in [-0.1, -0.05) is 44.2 Å². The topological polar surface area (TPSA) is 26.3 Å². The zero-order valence-corrected chi connectivity index (χ0v) is 9.36. The van der Waals surface area contributed by atoms with Crippen molar-refractivity contribution in [2.24, 2.45) is 11.8 Å². The minimum atomic E-state index is -2.06. The summed E-state index contributed by atoms with van der Waals surface area (Å²) in [5.41, 5.74) is 0.619. The first-order valence-corrected chi connectivity index (χ1v) is 5.34. The van der Waals surface area contributed by atoms with Crippen LogP contribution in [0, 0.1) is 11.8 Å². The molecule has 0 saturated carbocycles. The molecule has 0 radical (unpaired) electrons. The number of rotatable bonds is 2. The van der Waals surface area contributed by atoms with E-state index in [1.807, 2.05) is 19.9 Å². The van der Waals surface area contributed by atoms with Crippen molar-refractivity contribution in [3.8, 4) is 0 Å². The Kier molecular flexibility index (Phi) is 2.16. The molecule has 0 aromatic heterocycles. The second-order valence-electron chi connectivity index (χ2n) is 4.11. The van der Waals surface area contributed by atoms with E-state index in [4.69, 9.17) is 8.85 Å². The standard InChI is InChI=1S/C14H16O2/c1-10(2)12-9-14(15)16-13(12)8-11-6-4-3-5-7-11/h3-8,10,12H,9H2,1-2H3/b13-8-/i8D,9D2. The molecule has 2 nitrogen and oxygen atoms in total. The van der Waals surface area contributed by atoms with Crippen molar-refractivity contribution < 1.29 is 13.6 Å². The zero-order valence-electron chi connectivity index (χ0n) is 12.4. The van der Waals surface area contributed by atoms with Gasteiger partial charge in [-0.25, -0.2) is 0 Å². The van der Waals surface area contributed by atoms with Crippen molar-refractivity contribution in [1.82, 2.24) is 0 Å². The summed E-state index contributed by atoms with van der Waals surface area (Å²) >= 11 is 0. The van der Waals surface area contributed by atoms with E-state index in [1.54, 1.807) is 24.3 Å². The predicted molar refractivity (Wildman–Crippen MR) is 63.5 cm³/mol. The molecule has 0 bridgehead atoms. The van der Waals surface area contributed by atoms with Gasteiger partial charge in [0.25, 0.3) is 0 Å². The van der Waals surface area contributed by atoms with Gasteiger partial charge in [-0.05, 0) is 17.5 Å². The number of cyclic esters (lactones) is 1. The molecular formula is C14H16O2. The first kappa shape index (κ1) is 7.66. The summed E-state index contributed by atoms with van der Waals surface area (Å²) in [6, 6.07) is 8.99. The lowest BCUT2D eigenvalue weighted by molar-refractivity contribution is -0.135. The van der Waals surface area contributed by atoms with E-state index in [0.29, 0.717) is 5.56 Å². The Balaban J connectivity index is 2.52. The highest BCUT2D eigenvalue weighted by atomic mass is 16.5. The fourth-order valence-electron chi connectivity index (χ4n) is 1.62. The van der Waals surface area contributed by atoms with Gasteiger partial charge in [0.2, 0.25) is 0 Å². The number of hydrogen-bond donors (Lipinski definition) is 0. The molecule has 16 heavy (non-hydrogen) atoms. The van der Waals surface area contributed by atoms with E-state index >= 15 is 0 Å². The molecule has 2 heteroatoms. The van der Waals surface area contributed by atoms with E-state index in [1.165, 1.54) is 0 Å². The number of benzene rings is 1. The number of carbonyl (C=O) groups excluding carboxylic acids is 1. The van der Waals surface area contributed by atoms with Crippen molar-refractivity contribution in [2.75, 3.05) is 0 Å². The molecule has 1 atom stereocenters. The molecule has 0 amide bonds. The smallest absolute Gasteiger partial charge is 0.311 e. The summed E-state index contributed by atoms with van der Waals surface area (Å²) in [7, 11) is 0. The first-order valence-electron chi connectivity index (χ1n) is 6.84. The van der Waals surface area contributed by atoms with Crippen LogP contribution in [0.15, 0.2) is 36.1 Å². The van der Waals surface area contributed by atoms with Gasteiger partial charge in [0.15, 0.2) is 0 Å². The summed E-state index contributed by atoms with van der Waals surface area (Å²) in [4.78, 5) is 11.6. The second kappa shape index (κ2) is 4.52. The van der Waals surface area contributed by atoms with Gasteiger partial charge in [0, 0.05) is 8.66 Å². The monoisotopic (exact) mass is 219 g/mol. The Bertz CT molecular complexity index is 521. The van der Waals surface area contributed by atoms with Gasteiger partial charge in [-0.15, -0.1) is 0 Å². The third-order valence-corrected chi connectivity index (χ3v) is 2.47. The molecule has 1 fully saturated rings. The normalized spacial score (nSPS) is 29.3. The van der Waals surface area contributed by atoms with Crippen LogP contribution in [0.25, 0.3) is 6.05 Å². The van der Waals surface area contributed by atoms with Crippen LogP contribution in [0.2, 0.25) is 0 Å². The largest absolute Gasteiger partial charge is 0.431 e. The van der Waals surface area contributed by atoms with Crippen LogP contribution >= 0.6 is 0 Å². The third-order valence-electron chi connectivity index (χ3n) is 2.47. The molecule has 0 aliphatic carbocycles. The van der Waals surface area contributed by atoms with Crippen molar-refractivity contribution in [3.63, 3.8) is 0 Å². The van der Waals surface area contributed by atoms with Crippen molar-refractivity contribution >= 4 is 12.0 Å². The second-order valence-corrected chi connectivity index (χ2v) is 4.11. The van der Waals surface area contributed by atoms with Crippen LogP contribution in [-0.4, -0.2) is 5.97 Å². The van der Waals surface area contributed by atoms with Crippen LogP contribution in [0.3, 0.4) is 0 Å². The Morgan fingerprint density at radius 2 is 2.19 bits per heavy atom. The Labute approximate surface area is 100 Å². The lowest BCUT2D eigenvalue weighted by atomic mass is 9.92. The van der Waals surface area contributed by atoms with E-state index in [2.05, 4.69) is 0 Å². The highest BCUT2D eigenvalue weighted by Gasteiger charge is 2.31. The van der Waals surface area contributed by atoms with Crippen LogP contribution in [0.5, 0.6) is 0 Å². The average molecular weight is 219 g/mol. The SMILES string of the molecule is [2H]/C(=C1/OC(=O)C([2H])([2H])C1C(C)C)c1ccccc1. The van der Waals surface area contributed by atoms with Gasteiger partial charge in [0.05, 0.1) is 7.74 Å². The lowest BCUT2D eigenvalue weighted by Crippen LogP contribution is -2.06. The van der Waals surface area contributed by atoms with Gasteiger partial charge < -0.3 is 4.74 Å². The molecule has 0 spiro atoms. The van der Waals surface area contributed by atoms with Gasteiger partial charge in [-0.2, -0.15) is 0 Å². The Hall–Kier alpha value is -1.57. The number of esters is 1. The number of ether oxygens (including phenoxy) is 1. The average Bonchev–Trinajstić information content (AvgIpc) is 2.60. The van der Waals surface area contributed by atoms with Crippen molar-refractivity contribution in [2.45, 2.75) is 20.2 Å². The van der Waals surface area contributed by atoms with Gasteiger partial charge >= 0.3 is 5.97 Å². The molecule has 1 heterocycles. The van der Waals surface area contributed by atoms with Crippen molar-refractivity contribution in [3.05, 3.63) is 41.7 Å². The van der Waals surface area contributed by atoms with Crippen LogP contribution in [0.4, 0.5) is 0 Å². The molecule has 1 aliphatic rings. The summed E-state index contributed by atoms with van der Waals surface area (Å²) in [5, 5.41) is 0. The van der Waals surface area contributed by atoms with E-state index in [-0.39, 0.29) is 17.7 Å². The van der Waals surface area contributed by atoms with Crippen molar-refractivity contribution in [1.29, 1.82) is 0 Å². The minimum Gasteiger partial charge on any atom is -0.431 e. The lowest BCUT2D eigenvalue weighted by Gasteiger charge is -2.12. The van der Waals surface area contributed by atoms with E-state index in [0.717, 1.165) is 0 Å². The minimum absolute atomic E-state index is 0.0778. The molecule has 84 valence electrons. The van der Waals surface area contributed by atoms with E-state index < -0.39 is 18.3 Å². The first-order chi connectivity index (χ1) is 8.85. The maximum atomic E-state index is 11.6. The zero-order chi connectivity index (χ0) is 14.2. The Morgan fingerprint density at radius 1 is 1.50 bits per heavy atom. The Morgan fingerprint density at radius 3 is 2.81 bits per heavy atom. The molecular weight excluding hydrogens is 200 g/mol. The fourth-order valence-corrected chi connectivity index (χ4v) is 1.62. The summed E-state index contributed by atoms with van der Waals surface area (Å²) in [6.45, 7) is 3.64. The molecule has 1 aliphatic heterocycles. The predicted octanol–water partition coefficient (Wildman–Crippen LogP) is 3.25. The molecule has 1 unspecified atom stereocenters. The molecule has 1 saturated heterocycles. The van der Waals surface area contributed by atoms with Crippen LogP contribution in [0.1, 0.15) is 29.9 Å². The molecule has 0 N–H and O–H groups in total. The summed E-state index contributed by atoms with van der Waals surface area (Å²) in [6.07, 6.45) is -2.06. The molecule has 1 aromatic rings. The molecule has 1 aromatic carbocycles. The maximum absolute atomic E-state index is 11.6. The van der Waals surface area contributed by atoms with Gasteiger partial charge in [0.1, 0.15) is 5.76 Å². The number of allylic oxidation sites excluding steroid dienone is 1. The van der Waals surface area contributed by atoms with Crippen LogP contribution < -0.4 is 0 Å². The highest BCUT2D eigenvalue weighted by molar-refractivity contribution is 5.76. The third kappa shape index (κ3) is 2.32. The van der Waals surface area contributed by atoms with Gasteiger partial charge in [-0.3, -0.25) is 4.79 Å². The number of hydrogen-bond acceptors (Lipinski definition) is 2. The summed E-state index contributed by atoms with van der Waals surface area (Å²) < 4.78 is 28.9. The molecule has 2 rings (SSSR count). The highest BCUT2D eigenvalue weighted by Crippen LogP contribution is 2.33.